The van der Waals surface area contributed by atoms with E-state index >= 15 is 0 Å². The molecule has 0 saturated carbocycles. The summed E-state index contributed by atoms with van der Waals surface area (Å²) < 4.78 is 7.11. The Kier molecular flexibility index (Phi) is 7.21. The lowest BCUT2D eigenvalue weighted by molar-refractivity contribution is 0.438. The largest absolute Gasteiger partial charge is 0.456 e. The fourth-order valence-corrected chi connectivity index (χ4v) is 9.87. The van der Waals surface area contributed by atoms with E-state index < -0.39 is 5.41 Å². The van der Waals surface area contributed by atoms with Gasteiger partial charge in [0.1, 0.15) is 17.7 Å². The van der Waals surface area contributed by atoms with Crippen LogP contribution in [0.3, 0.4) is 0 Å². The highest BCUT2D eigenvalue weighted by molar-refractivity contribution is 6.14. The van der Waals surface area contributed by atoms with Crippen LogP contribution in [-0.4, -0.2) is 5.71 Å². The molecule has 9 aromatic carbocycles. The number of benzene rings is 9. The predicted molar refractivity (Wildman–Crippen MR) is 238 cm³/mol. The van der Waals surface area contributed by atoms with Gasteiger partial charge in [-0.05, 0) is 78.7 Å². The zero-order valence-corrected chi connectivity index (χ0v) is 31.6. The van der Waals surface area contributed by atoms with Crippen LogP contribution in [0.25, 0.3) is 49.5 Å². The van der Waals surface area contributed by atoms with Gasteiger partial charge in [-0.1, -0.05) is 188 Å². The summed E-state index contributed by atoms with van der Waals surface area (Å²) in [4.78, 5) is 5.45. The number of hydrogen-bond acceptors (Lipinski definition) is 3. The van der Waals surface area contributed by atoms with Crippen molar-refractivity contribution in [1.82, 2.24) is 5.32 Å². The van der Waals surface area contributed by atoms with Crippen molar-refractivity contribution in [3.63, 3.8) is 0 Å². The molecule has 0 bridgehead atoms. The molecule has 0 fully saturated rings. The summed E-state index contributed by atoms with van der Waals surface area (Å²) in [5.74, 6) is 1.75. The van der Waals surface area contributed by atoms with Crippen LogP contribution in [0, 0.1) is 0 Å². The molecular weight excluding hydrogens is 705 g/mol. The Bertz CT molecular complexity index is 3150. The summed E-state index contributed by atoms with van der Waals surface area (Å²) >= 11 is 0. The van der Waals surface area contributed by atoms with Crippen molar-refractivity contribution < 1.29 is 4.74 Å². The number of para-hydroxylation sites is 2. The molecule has 1 spiro atoms. The van der Waals surface area contributed by atoms with Crippen LogP contribution in [0.2, 0.25) is 0 Å². The maximum atomic E-state index is 7.11. The number of hydrogen-bond donors (Lipinski definition) is 1. The van der Waals surface area contributed by atoms with Gasteiger partial charge in [-0.3, -0.25) is 4.99 Å². The van der Waals surface area contributed by atoms with Crippen LogP contribution in [0.15, 0.2) is 211 Å². The fourth-order valence-electron chi connectivity index (χ4n) is 9.87. The zero-order valence-electron chi connectivity index (χ0n) is 31.6. The van der Waals surface area contributed by atoms with E-state index in [2.05, 4.69) is 212 Å². The Labute approximate surface area is 337 Å². The number of nitrogens with one attached hydrogen (secondary N) is 1. The minimum absolute atomic E-state index is 0.368. The molecule has 0 radical (unpaired) electrons. The predicted octanol–water partition coefficient (Wildman–Crippen LogP) is 13.3. The molecule has 9 aromatic rings. The van der Waals surface area contributed by atoms with Crippen molar-refractivity contribution >= 4 is 33.0 Å². The third kappa shape index (κ3) is 4.77. The molecule has 1 atom stereocenters. The van der Waals surface area contributed by atoms with Gasteiger partial charge >= 0.3 is 0 Å². The van der Waals surface area contributed by atoms with Gasteiger partial charge in [-0.2, -0.15) is 0 Å². The normalized spacial score (nSPS) is 15.7. The number of allylic oxidation sites excluding steroid dienone is 1. The van der Waals surface area contributed by atoms with Gasteiger partial charge in [0.25, 0.3) is 0 Å². The monoisotopic (exact) mass is 740 g/mol. The van der Waals surface area contributed by atoms with E-state index in [1.165, 1.54) is 43.8 Å². The Hall–Kier alpha value is -7.49. The average Bonchev–Trinajstić information content (AvgIpc) is 3.59. The molecule has 272 valence electrons. The molecular formula is C55H36N2O. The molecule has 2 heterocycles. The lowest BCUT2D eigenvalue weighted by Crippen LogP contribution is -2.32. The Morgan fingerprint density at radius 2 is 1.07 bits per heavy atom. The van der Waals surface area contributed by atoms with E-state index in [0.29, 0.717) is 0 Å². The molecule has 0 aromatic heterocycles. The summed E-state index contributed by atoms with van der Waals surface area (Å²) in [5, 5.41) is 8.86. The lowest BCUT2D eigenvalue weighted by atomic mass is 9.65. The van der Waals surface area contributed by atoms with Crippen molar-refractivity contribution in [2.75, 3.05) is 0 Å². The smallest absolute Gasteiger partial charge is 0.146 e. The van der Waals surface area contributed by atoms with Crippen LogP contribution in [0.4, 0.5) is 0 Å². The Morgan fingerprint density at radius 1 is 0.448 bits per heavy atom. The summed E-state index contributed by atoms with van der Waals surface area (Å²) in [6, 6.07) is 72.0. The van der Waals surface area contributed by atoms with Gasteiger partial charge in [0.05, 0.1) is 11.1 Å². The van der Waals surface area contributed by atoms with Crippen LogP contribution < -0.4 is 10.1 Å². The zero-order chi connectivity index (χ0) is 38.2. The van der Waals surface area contributed by atoms with E-state index in [9.17, 15) is 0 Å². The molecule has 1 N–H and O–H groups in total. The molecule has 1 aliphatic carbocycles. The number of aliphatic imine (C=N–C) groups is 1. The molecule has 58 heavy (non-hydrogen) atoms. The quantitative estimate of drug-likeness (QED) is 0.182. The topological polar surface area (TPSA) is 33.6 Å². The fraction of sp³-hybridized carbons (Fsp3) is 0.0364. The van der Waals surface area contributed by atoms with Gasteiger partial charge in [0, 0.05) is 28.0 Å². The van der Waals surface area contributed by atoms with Crippen LogP contribution in [0.5, 0.6) is 11.5 Å². The van der Waals surface area contributed by atoms with Crippen LogP contribution in [0.1, 0.15) is 45.1 Å². The second-order valence-corrected chi connectivity index (χ2v) is 15.4. The Morgan fingerprint density at radius 3 is 1.90 bits per heavy atom. The van der Waals surface area contributed by atoms with Crippen molar-refractivity contribution in [3.8, 4) is 33.8 Å². The first kappa shape index (κ1) is 32.7. The standard InChI is InChI=1S/C55H36N2O/c1-2-16-36(17-3-1)50-34-51(38-31-32-40-37(33-38)30-29-35-15-4-5-18-39(35)40)57-54(56-50)45-22-7-6-19-41(45)44-23-14-27-49-53(44)58-52-28-13-12-26-48(52)55(49)46-24-10-8-20-42(46)43-21-9-11-25-47(43)55/h1-34,54,57H. The van der Waals surface area contributed by atoms with Gasteiger partial charge < -0.3 is 10.1 Å². The third-order valence-electron chi connectivity index (χ3n) is 12.4. The van der Waals surface area contributed by atoms with Crippen molar-refractivity contribution in [2.24, 2.45) is 4.99 Å². The van der Waals surface area contributed by atoms with Crippen molar-refractivity contribution in [2.45, 2.75) is 11.6 Å². The molecule has 1 unspecified atom stereocenters. The summed E-state index contributed by atoms with van der Waals surface area (Å²) in [5.41, 5.74) is 14.2. The van der Waals surface area contributed by atoms with E-state index in [0.717, 1.165) is 61.9 Å². The highest BCUT2D eigenvalue weighted by Gasteiger charge is 2.51. The van der Waals surface area contributed by atoms with Gasteiger partial charge in [-0.25, -0.2) is 0 Å². The molecule has 3 heteroatoms. The van der Waals surface area contributed by atoms with Crippen LogP contribution >= 0.6 is 0 Å². The second kappa shape index (κ2) is 12.8. The first-order valence-electron chi connectivity index (χ1n) is 20.0. The third-order valence-corrected chi connectivity index (χ3v) is 12.4. The number of nitrogens with zero attached hydrogens (tertiary/aromatic N) is 1. The van der Waals surface area contributed by atoms with Crippen molar-refractivity contribution in [1.29, 1.82) is 0 Å². The molecule has 12 rings (SSSR count). The van der Waals surface area contributed by atoms with E-state index in [1.807, 2.05) is 0 Å². The number of rotatable bonds is 4. The lowest BCUT2D eigenvalue weighted by Gasteiger charge is -2.40. The first-order valence-corrected chi connectivity index (χ1v) is 20.0. The maximum Gasteiger partial charge on any atom is 0.146 e. The minimum Gasteiger partial charge on any atom is -0.456 e. The van der Waals surface area contributed by atoms with Gasteiger partial charge in [0.2, 0.25) is 0 Å². The number of ether oxygens (including phenoxy) is 1. The highest BCUT2D eigenvalue weighted by Crippen LogP contribution is 2.63. The minimum atomic E-state index is -0.540. The molecule has 2 aliphatic heterocycles. The van der Waals surface area contributed by atoms with Gasteiger partial charge in [-0.15, -0.1) is 0 Å². The van der Waals surface area contributed by atoms with E-state index in [4.69, 9.17) is 9.73 Å². The average molecular weight is 741 g/mol. The highest BCUT2D eigenvalue weighted by atomic mass is 16.5. The molecule has 0 saturated heterocycles. The second-order valence-electron chi connectivity index (χ2n) is 15.4. The van der Waals surface area contributed by atoms with Gasteiger partial charge in [0.15, 0.2) is 0 Å². The van der Waals surface area contributed by atoms with Crippen LogP contribution in [-0.2, 0) is 5.41 Å². The first-order chi connectivity index (χ1) is 28.8. The summed E-state index contributed by atoms with van der Waals surface area (Å²) in [7, 11) is 0. The SMILES string of the molecule is C1=C(c2ccc3c(ccc4ccccc43)c2)NC(c2ccccc2-c2cccc3c2Oc2ccccc2C32c3ccccc3-c3ccccc32)N=C1c1ccccc1. The van der Waals surface area contributed by atoms with Crippen molar-refractivity contribution in [3.05, 3.63) is 245 Å². The summed E-state index contributed by atoms with van der Waals surface area (Å²) in [6.45, 7) is 0. The number of fused-ring (bicyclic) bond motifs is 12. The Balaban J connectivity index is 1.03. The summed E-state index contributed by atoms with van der Waals surface area (Å²) in [6.07, 6.45) is 1.83. The maximum absolute atomic E-state index is 7.11. The molecule has 3 nitrogen and oxygen atoms in total. The molecule has 0 amide bonds. The van der Waals surface area contributed by atoms with E-state index in [1.54, 1.807) is 0 Å². The van der Waals surface area contributed by atoms with E-state index in [-0.39, 0.29) is 6.17 Å². The molecule has 3 aliphatic rings.